The number of aliphatic hydroxyl groups excluding tert-OH is 1. The van der Waals surface area contributed by atoms with Crippen LogP contribution in [-0.2, 0) is 0 Å². The van der Waals surface area contributed by atoms with Gasteiger partial charge in [-0.05, 0) is 0 Å². The van der Waals surface area contributed by atoms with Gasteiger partial charge in [0, 0.05) is 0 Å². The van der Waals surface area contributed by atoms with Gasteiger partial charge < -0.3 is 27.8 Å². The van der Waals surface area contributed by atoms with Crippen LogP contribution in [0.3, 0.4) is 0 Å². The lowest BCUT2D eigenvalue weighted by Gasteiger charge is -1.67. The molecule has 0 atom stereocenters. The van der Waals surface area contributed by atoms with E-state index in [4.69, 9.17) is 5.11 Å². The first-order valence-corrected chi connectivity index (χ1v) is 1.32. The van der Waals surface area contributed by atoms with E-state index < -0.39 is 0 Å². The molecule has 0 spiro atoms. The molecule has 0 bridgehead atoms. The molecule has 0 rings (SSSR count). The maximum atomic E-state index is 7.81. The Kier molecular flexibility index (Phi) is 16.0. The molecule has 0 saturated carbocycles. The minimum atomic E-state index is 0. The monoisotopic (exact) mass is 141 g/mol. The summed E-state index contributed by atoms with van der Waals surface area (Å²) in [6.07, 6.45) is 0. The molecule has 0 radical (unpaired) electrons. The van der Waals surface area contributed by atoms with Gasteiger partial charge in [0.15, 0.2) is 0 Å². The second-order valence-corrected chi connectivity index (χ2v) is 0.577. The fourth-order valence-electron chi connectivity index (χ4n) is 0. The summed E-state index contributed by atoms with van der Waals surface area (Å²) in [4.78, 5) is 0. The number of quaternary nitrogens is 1. The lowest BCUT2D eigenvalue weighted by molar-refractivity contribution is -0.372. The van der Waals surface area contributed by atoms with Gasteiger partial charge in [-0.25, -0.2) is 0 Å². The van der Waals surface area contributed by atoms with Gasteiger partial charge in [0.1, 0.15) is 0 Å². The summed E-state index contributed by atoms with van der Waals surface area (Å²) in [5.41, 5.74) is 3.35. The van der Waals surface area contributed by atoms with Crippen molar-refractivity contribution in [2.45, 2.75) is 0 Å². The molecule has 4 N–H and O–H groups in total. The summed E-state index contributed by atoms with van der Waals surface area (Å²) in [6.45, 7) is 0.833. The fourth-order valence-corrected chi connectivity index (χ4v) is 0. The molecule has 0 heterocycles. The highest BCUT2D eigenvalue weighted by Gasteiger charge is 1.60. The Balaban J connectivity index is 0. The van der Waals surface area contributed by atoms with Gasteiger partial charge in [-0.15, -0.1) is 0 Å². The van der Waals surface area contributed by atoms with E-state index in [-0.39, 0.29) is 23.6 Å². The van der Waals surface area contributed by atoms with E-state index in [1.807, 2.05) is 0 Å². The molecule has 0 saturated heterocycles. The van der Waals surface area contributed by atoms with Crippen LogP contribution in [0.5, 0.6) is 0 Å². The third kappa shape index (κ3) is 12.9. The SMILES string of the molecule is [Br-].[NH3+]CCO. The van der Waals surface area contributed by atoms with Crippen LogP contribution < -0.4 is 22.7 Å². The van der Waals surface area contributed by atoms with E-state index in [0.29, 0.717) is 6.54 Å². The molecule has 0 aliphatic carbocycles. The van der Waals surface area contributed by atoms with Crippen molar-refractivity contribution in [3.8, 4) is 0 Å². The molecule has 2 nitrogen and oxygen atoms in total. The molecule has 0 fully saturated rings. The first-order valence-electron chi connectivity index (χ1n) is 1.32. The lowest BCUT2D eigenvalue weighted by atomic mass is 10.8. The highest BCUT2D eigenvalue weighted by atomic mass is 79.9. The average Bonchev–Trinajstić information content (AvgIpc) is 1.37. The summed E-state index contributed by atoms with van der Waals surface area (Å²) in [6, 6.07) is 0. The zero-order valence-electron chi connectivity index (χ0n) is 2.95. The summed E-state index contributed by atoms with van der Waals surface area (Å²) in [5.74, 6) is 0. The molecule has 0 aliphatic rings. The molecule has 5 heavy (non-hydrogen) atoms. The predicted octanol–water partition coefficient (Wildman–Crippen LogP) is -4.78. The van der Waals surface area contributed by atoms with Crippen LogP contribution in [0.15, 0.2) is 0 Å². The molecule has 0 amide bonds. The van der Waals surface area contributed by atoms with Crippen LogP contribution in [0.2, 0.25) is 0 Å². The quantitative estimate of drug-likeness (QED) is 0.379. The van der Waals surface area contributed by atoms with E-state index in [1.165, 1.54) is 0 Å². The van der Waals surface area contributed by atoms with Crippen LogP contribution in [0.1, 0.15) is 0 Å². The van der Waals surface area contributed by atoms with E-state index >= 15 is 0 Å². The van der Waals surface area contributed by atoms with Gasteiger partial charge in [-0.3, -0.25) is 0 Å². The Morgan fingerprint density at radius 2 is 1.80 bits per heavy atom. The number of hydrogen-bond donors (Lipinski definition) is 2. The zero-order chi connectivity index (χ0) is 3.41. The Bertz CT molecular complexity index is 11.6. The maximum absolute atomic E-state index is 7.81. The third-order valence-electron chi connectivity index (χ3n) is 0.158. The average molecular weight is 142 g/mol. The normalized spacial score (nSPS) is 6.00. The van der Waals surface area contributed by atoms with Crippen molar-refractivity contribution in [1.82, 2.24) is 0 Å². The minimum absolute atomic E-state index is 0. The third-order valence-corrected chi connectivity index (χ3v) is 0.158. The summed E-state index contributed by atoms with van der Waals surface area (Å²) >= 11 is 0. The van der Waals surface area contributed by atoms with Gasteiger partial charge in [-0.2, -0.15) is 0 Å². The van der Waals surface area contributed by atoms with Crippen LogP contribution in [0, 0.1) is 0 Å². The molecule has 3 heteroatoms. The highest BCUT2D eigenvalue weighted by Crippen LogP contribution is 1.28. The molecule has 0 aromatic rings. The second-order valence-electron chi connectivity index (χ2n) is 0.577. The minimum Gasteiger partial charge on any atom is -1.00 e. The van der Waals surface area contributed by atoms with Crippen molar-refractivity contribution >= 4 is 0 Å². The van der Waals surface area contributed by atoms with Gasteiger partial charge in [-0.1, -0.05) is 0 Å². The maximum Gasteiger partial charge on any atom is 0.0974 e. The fraction of sp³-hybridized carbons (Fsp3) is 1.00. The zero-order valence-corrected chi connectivity index (χ0v) is 4.53. The standard InChI is InChI=1S/C2H7NO.BrH/c3-1-2-4;/h4H,1-3H2;1H. The predicted molar refractivity (Wildman–Crippen MR) is 14.8 cm³/mol. The molecule has 0 unspecified atom stereocenters. The van der Waals surface area contributed by atoms with Crippen molar-refractivity contribution in [1.29, 1.82) is 0 Å². The molecule has 0 aromatic heterocycles. The molecule has 0 aromatic carbocycles. The summed E-state index contributed by atoms with van der Waals surface area (Å²) < 4.78 is 0. The van der Waals surface area contributed by atoms with Crippen molar-refractivity contribution in [2.75, 3.05) is 13.2 Å². The van der Waals surface area contributed by atoms with Crippen molar-refractivity contribution in [2.24, 2.45) is 0 Å². The molecular formula is C2H8BrNO. The van der Waals surface area contributed by atoms with Gasteiger partial charge in [0.2, 0.25) is 0 Å². The van der Waals surface area contributed by atoms with E-state index in [9.17, 15) is 0 Å². The van der Waals surface area contributed by atoms with Crippen molar-refractivity contribution in [3.63, 3.8) is 0 Å². The van der Waals surface area contributed by atoms with Crippen LogP contribution in [-0.4, -0.2) is 18.3 Å². The molecule has 34 valence electrons. The first-order chi connectivity index (χ1) is 1.91. The number of halogens is 1. The molecular weight excluding hydrogens is 134 g/mol. The number of hydrogen-bond acceptors (Lipinski definition) is 1. The Labute approximate surface area is 41.8 Å². The summed E-state index contributed by atoms with van der Waals surface area (Å²) in [7, 11) is 0. The Morgan fingerprint density at radius 3 is 1.80 bits per heavy atom. The largest absolute Gasteiger partial charge is 1.00 e. The van der Waals surface area contributed by atoms with Gasteiger partial charge in [0.25, 0.3) is 0 Å². The van der Waals surface area contributed by atoms with E-state index in [2.05, 4.69) is 5.73 Å². The highest BCUT2D eigenvalue weighted by molar-refractivity contribution is 4.03. The Morgan fingerprint density at radius 1 is 1.60 bits per heavy atom. The van der Waals surface area contributed by atoms with Crippen LogP contribution >= 0.6 is 0 Å². The van der Waals surface area contributed by atoms with Gasteiger partial charge >= 0.3 is 0 Å². The van der Waals surface area contributed by atoms with Crippen molar-refractivity contribution in [3.05, 3.63) is 0 Å². The topological polar surface area (TPSA) is 47.9 Å². The van der Waals surface area contributed by atoms with Gasteiger partial charge in [0.05, 0.1) is 13.2 Å². The van der Waals surface area contributed by atoms with Crippen LogP contribution in [0.25, 0.3) is 0 Å². The second kappa shape index (κ2) is 8.83. The first kappa shape index (κ1) is 9.04. The van der Waals surface area contributed by atoms with E-state index in [1.54, 1.807) is 0 Å². The lowest BCUT2D eigenvalue weighted by Crippen LogP contribution is -3.00. The number of rotatable bonds is 1. The number of aliphatic hydroxyl groups is 1. The van der Waals surface area contributed by atoms with Crippen LogP contribution in [0.4, 0.5) is 0 Å². The van der Waals surface area contributed by atoms with E-state index in [0.717, 1.165) is 0 Å². The van der Waals surface area contributed by atoms with Crippen molar-refractivity contribution < 1.29 is 27.8 Å². The molecule has 0 aliphatic heterocycles. The smallest absolute Gasteiger partial charge is 0.0974 e. The summed E-state index contributed by atoms with van der Waals surface area (Å²) in [5, 5.41) is 7.81. The Hall–Kier alpha value is 0.400.